The van der Waals surface area contributed by atoms with Crippen LogP contribution in [0.2, 0.25) is 0 Å². The van der Waals surface area contributed by atoms with Gasteiger partial charge in [0.1, 0.15) is 10.8 Å². The number of para-hydroxylation sites is 1. The molecule has 1 aliphatic rings. The summed E-state index contributed by atoms with van der Waals surface area (Å²) in [5.74, 6) is 1.23. The highest BCUT2D eigenvalue weighted by molar-refractivity contribution is 7.15. The van der Waals surface area contributed by atoms with E-state index in [9.17, 15) is 0 Å². The van der Waals surface area contributed by atoms with Crippen molar-refractivity contribution >= 4 is 16.5 Å². The molecule has 2 heterocycles. The van der Waals surface area contributed by atoms with E-state index >= 15 is 0 Å². The molecular weight excluding hydrogens is 222 g/mol. The number of anilines is 1. The molecule has 1 aromatic carbocycles. The number of fused-ring (bicyclic) bond motifs is 1. The molecule has 0 bridgehead atoms. The fourth-order valence-electron chi connectivity index (χ4n) is 1.99. The summed E-state index contributed by atoms with van der Waals surface area (Å²) in [4.78, 5) is 0. The highest BCUT2D eigenvalue weighted by atomic mass is 32.1. The number of rotatable bonds is 1. The Morgan fingerprint density at radius 3 is 3.00 bits per heavy atom. The van der Waals surface area contributed by atoms with E-state index in [1.807, 2.05) is 18.2 Å². The fraction of sp³-hybridized carbons (Fsp3) is 0.273. The summed E-state index contributed by atoms with van der Waals surface area (Å²) in [5.41, 5.74) is 6.80. The van der Waals surface area contributed by atoms with Gasteiger partial charge in [-0.15, -0.1) is 10.2 Å². The molecule has 4 nitrogen and oxygen atoms in total. The van der Waals surface area contributed by atoms with Crippen molar-refractivity contribution in [3.8, 4) is 5.75 Å². The zero-order valence-corrected chi connectivity index (χ0v) is 9.41. The molecule has 2 aromatic rings. The van der Waals surface area contributed by atoms with E-state index in [0.717, 1.165) is 23.8 Å². The Kier molecular flexibility index (Phi) is 2.25. The standard InChI is InChI=1S/C11H11N3OS/c12-11-14-13-10(16-11)8-5-6-15-9-4-2-1-3-7(8)9/h1-4,8H,5-6H2,(H2,12,14)/t8-/m0/s1. The lowest BCUT2D eigenvalue weighted by Crippen LogP contribution is -2.14. The highest BCUT2D eigenvalue weighted by Crippen LogP contribution is 2.38. The molecule has 1 aliphatic heterocycles. The Hall–Kier alpha value is -1.62. The highest BCUT2D eigenvalue weighted by Gasteiger charge is 2.25. The van der Waals surface area contributed by atoms with Gasteiger partial charge in [-0.3, -0.25) is 0 Å². The van der Waals surface area contributed by atoms with E-state index in [0.29, 0.717) is 5.13 Å². The third kappa shape index (κ3) is 1.53. The van der Waals surface area contributed by atoms with E-state index in [-0.39, 0.29) is 5.92 Å². The van der Waals surface area contributed by atoms with Crippen LogP contribution in [-0.4, -0.2) is 16.8 Å². The van der Waals surface area contributed by atoms with Crippen molar-refractivity contribution < 1.29 is 4.74 Å². The number of hydrogen-bond acceptors (Lipinski definition) is 5. The molecule has 0 saturated carbocycles. The van der Waals surface area contributed by atoms with Crippen LogP contribution >= 0.6 is 11.3 Å². The van der Waals surface area contributed by atoms with E-state index < -0.39 is 0 Å². The van der Waals surface area contributed by atoms with Gasteiger partial charge in [-0.1, -0.05) is 29.5 Å². The van der Waals surface area contributed by atoms with Gasteiger partial charge >= 0.3 is 0 Å². The van der Waals surface area contributed by atoms with Crippen LogP contribution in [0, 0.1) is 0 Å². The molecule has 2 N–H and O–H groups in total. The average molecular weight is 233 g/mol. The molecule has 0 radical (unpaired) electrons. The molecule has 1 atom stereocenters. The monoisotopic (exact) mass is 233 g/mol. The quantitative estimate of drug-likeness (QED) is 0.818. The SMILES string of the molecule is Nc1nnc([C@H]2CCOc3ccccc32)s1. The number of benzene rings is 1. The smallest absolute Gasteiger partial charge is 0.203 e. The van der Waals surface area contributed by atoms with Crippen molar-refractivity contribution in [2.75, 3.05) is 12.3 Å². The van der Waals surface area contributed by atoms with Gasteiger partial charge < -0.3 is 10.5 Å². The lowest BCUT2D eigenvalue weighted by Gasteiger charge is -2.23. The minimum atomic E-state index is 0.278. The van der Waals surface area contributed by atoms with Gasteiger partial charge in [0, 0.05) is 11.5 Å². The van der Waals surface area contributed by atoms with Crippen molar-refractivity contribution in [2.24, 2.45) is 0 Å². The zero-order valence-electron chi connectivity index (χ0n) is 8.59. The van der Waals surface area contributed by atoms with Crippen molar-refractivity contribution in [1.82, 2.24) is 10.2 Å². The summed E-state index contributed by atoms with van der Waals surface area (Å²) in [6.45, 7) is 0.723. The second kappa shape index (κ2) is 3.75. The van der Waals surface area contributed by atoms with Crippen LogP contribution in [0.4, 0.5) is 5.13 Å². The zero-order chi connectivity index (χ0) is 11.0. The van der Waals surface area contributed by atoms with Crippen LogP contribution < -0.4 is 10.5 Å². The first-order valence-corrected chi connectivity index (χ1v) is 5.97. The number of nitrogens with two attached hydrogens (primary N) is 1. The lowest BCUT2D eigenvalue weighted by atomic mass is 9.94. The minimum absolute atomic E-state index is 0.278. The molecule has 0 aliphatic carbocycles. The van der Waals surface area contributed by atoms with Crippen LogP contribution in [0.25, 0.3) is 0 Å². The van der Waals surface area contributed by atoms with Crippen LogP contribution in [0.5, 0.6) is 5.75 Å². The Balaban J connectivity index is 2.04. The largest absolute Gasteiger partial charge is 0.493 e. The Morgan fingerprint density at radius 2 is 2.19 bits per heavy atom. The second-order valence-electron chi connectivity index (χ2n) is 3.71. The summed E-state index contributed by atoms with van der Waals surface area (Å²) in [6, 6.07) is 8.07. The van der Waals surface area contributed by atoms with Gasteiger partial charge in [0.2, 0.25) is 5.13 Å². The van der Waals surface area contributed by atoms with Gasteiger partial charge in [0.15, 0.2) is 0 Å². The first-order valence-electron chi connectivity index (χ1n) is 5.15. The fourth-order valence-corrected chi connectivity index (χ4v) is 2.75. The first-order chi connectivity index (χ1) is 7.84. The molecule has 0 saturated heterocycles. The molecule has 16 heavy (non-hydrogen) atoms. The summed E-state index contributed by atoms with van der Waals surface area (Å²) in [6.07, 6.45) is 0.936. The van der Waals surface area contributed by atoms with Crippen LogP contribution in [0.15, 0.2) is 24.3 Å². The van der Waals surface area contributed by atoms with Crippen LogP contribution in [0.3, 0.4) is 0 Å². The molecule has 1 aromatic heterocycles. The summed E-state index contributed by atoms with van der Waals surface area (Å²) >= 11 is 1.46. The first kappa shape index (κ1) is 9.59. The molecule has 0 amide bonds. The summed E-state index contributed by atoms with van der Waals surface area (Å²) < 4.78 is 5.61. The van der Waals surface area contributed by atoms with E-state index in [4.69, 9.17) is 10.5 Å². The number of aromatic nitrogens is 2. The molecule has 0 unspecified atom stereocenters. The maximum atomic E-state index is 5.62. The van der Waals surface area contributed by atoms with Crippen molar-refractivity contribution in [3.05, 3.63) is 34.8 Å². The third-order valence-electron chi connectivity index (χ3n) is 2.71. The van der Waals surface area contributed by atoms with Gasteiger partial charge in [-0.05, 0) is 12.5 Å². The minimum Gasteiger partial charge on any atom is -0.493 e. The molecule has 5 heteroatoms. The van der Waals surface area contributed by atoms with Crippen molar-refractivity contribution in [3.63, 3.8) is 0 Å². The summed E-state index contributed by atoms with van der Waals surface area (Å²) in [5, 5.41) is 9.50. The molecule has 0 spiro atoms. The Morgan fingerprint density at radius 1 is 1.31 bits per heavy atom. The molecule has 82 valence electrons. The van der Waals surface area contributed by atoms with E-state index in [1.54, 1.807) is 0 Å². The third-order valence-corrected chi connectivity index (χ3v) is 3.58. The van der Waals surface area contributed by atoms with Crippen LogP contribution in [0.1, 0.15) is 22.9 Å². The molecule has 0 fully saturated rings. The normalized spacial score (nSPS) is 18.9. The predicted molar refractivity (Wildman–Crippen MR) is 62.7 cm³/mol. The van der Waals surface area contributed by atoms with Gasteiger partial charge in [-0.25, -0.2) is 0 Å². The maximum Gasteiger partial charge on any atom is 0.203 e. The van der Waals surface area contributed by atoms with Crippen LogP contribution in [-0.2, 0) is 0 Å². The van der Waals surface area contributed by atoms with Crippen molar-refractivity contribution in [2.45, 2.75) is 12.3 Å². The lowest BCUT2D eigenvalue weighted by molar-refractivity contribution is 0.276. The topological polar surface area (TPSA) is 61.0 Å². The molecule has 3 rings (SSSR count). The second-order valence-corrected chi connectivity index (χ2v) is 4.75. The van der Waals surface area contributed by atoms with E-state index in [1.165, 1.54) is 16.9 Å². The number of hydrogen-bond donors (Lipinski definition) is 1. The maximum absolute atomic E-state index is 5.62. The van der Waals surface area contributed by atoms with Gasteiger partial charge in [0.05, 0.1) is 6.61 Å². The van der Waals surface area contributed by atoms with Crippen molar-refractivity contribution in [1.29, 1.82) is 0 Å². The predicted octanol–water partition coefficient (Wildman–Crippen LogP) is 2.03. The van der Waals surface area contributed by atoms with Gasteiger partial charge in [0.25, 0.3) is 0 Å². The Labute approximate surface area is 97.1 Å². The average Bonchev–Trinajstić information content (AvgIpc) is 2.75. The van der Waals surface area contributed by atoms with Gasteiger partial charge in [-0.2, -0.15) is 0 Å². The van der Waals surface area contributed by atoms with E-state index in [2.05, 4.69) is 16.3 Å². The number of ether oxygens (including phenoxy) is 1. The molecular formula is C11H11N3OS. The Bertz CT molecular complexity index is 511. The summed E-state index contributed by atoms with van der Waals surface area (Å²) in [7, 11) is 0. The number of nitrogen functional groups attached to an aromatic ring is 1. The number of nitrogens with zero attached hydrogens (tertiary/aromatic N) is 2.